The third kappa shape index (κ3) is 4.51. The van der Waals surface area contributed by atoms with E-state index in [4.69, 9.17) is 5.73 Å². The van der Waals surface area contributed by atoms with E-state index in [2.05, 4.69) is 5.32 Å². The van der Waals surface area contributed by atoms with Crippen LogP contribution in [0.1, 0.15) is 20.3 Å². The lowest BCUT2D eigenvalue weighted by molar-refractivity contribution is -0.130. The van der Waals surface area contributed by atoms with Crippen LogP contribution in [0.5, 0.6) is 0 Å². The Labute approximate surface area is 112 Å². The Hall–Kier alpha value is -1.63. The van der Waals surface area contributed by atoms with Crippen molar-refractivity contribution in [2.24, 2.45) is 17.6 Å². The fourth-order valence-electron chi connectivity index (χ4n) is 2.01. The first-order valence-corrected chi connectivity index (χ1v) is 6.34. The van der Waals surface area contributed by atoms with E-state index >= 15 is 0 Å². The minimum Gasteiger partial charge on any atom is -0.381 e. The number of aliphatic hydroxyl groups excluding tert-OH is 1. The maximum atomic E-state index is 11.8. The van der Waals surface area contributed by atoms with Crippen LogP contribution in [0.2, 0.25) is 0 Å². The lowest BCUT2D eigenvalue weighted by Crippen LogP contribution is -2.42. The summed E-state index contributed by atoms with van der Waals surface area (Å²) in [7, 11) is 0. The molecule has 3 amide bonds. The number of hydrogen-bond donors (Lipinski definition) is 3. The number of aliphatic hydroxyl groups is 1. The third-order valence-corrected chi connectivity index (χ3v) is 2.97. The fraction of sp³-hybridized carbons (Fsp3) is 0.750. The Morgan fingerprint density at radius 2 is 2.16 bits per heavy atom. The summed E-state index contributed by atoms with van der Waals surface area (Å²) in [5.74, 6) is -1.33. The van der Waals surface area contributed by atoms with Gasteiger partial charge in [0, 0.05) is 19.5 Å². The average molecular weight is 271 g/mol. The molecule has 7 nitrogen and oxygen atoms in total. The molecule has 2 unspecified atom stereocenters. The van der Waals surface area contributed by atoms with Crippen molar-refractivity contribution in [1.29, 1.82) is 0 Å². The molecule has 7 heteroatoms. The molecule has 1 rings (SSSR count). The molecular formula is C12H21N3O4. The summed E-state index contributed by atoms with van der Waals surface area (Å²) in [5.41, 5.74) is 4.87. The van der Waals surface area contributed by atoms with Crippen molar-refractivity contribution >= 4 is 17.7 Å². The van der Waals surface area contributed by atoms with E-state index in [1.54, 1.807) is 4.90 Å². The Kier molecular flexibility index (Phi) is 5.29. The number of nitrogens with zero attached hydrogens (tertiary/aromatic N) is 1. The molecule has 1 aliphatic heterocycles. The smallest absolute Gasteiger partial charge is 0.248 e. The number of carbonyl (C=O) groups is 3. The van der Waals surface area contributed by atoms with E-state index in [1.807, 2.05) is 13.8 Å². The molecule has 0 bridgehead atoms. The second kappa shape index (κ2) is 6.51. The van der Waals surface area contributed by atoms with Crippen LogP contribution < -0.4 is 11.1 Å². The van der Waals surface area contributed by atoms with Gasteiger partial charge in [-0.05, 0) is 5.92 Å². The van der Waals surface area contributed by atoms with Crippen LogP contribution in [0.25, 0.3) is 0 Å². The Morgan fingerprint density at radius 1 is 1.53 bits per heavy atom. The van der Waals surface area contributed by atoms with Crippen LogP contribution in [0.15, 0.2) is 0 Å². The molecule has 1 heterocycles. The molecule has 0 aromatic heterocycles. The average Bonchev–Trinajstić information content (AvgIpc) is 2.66. The summed E-state index contributed by atoms with van der Waals surface area (Å²) in [6.07, 6.45) is -1.22. The van der Waals surface area contributed by atoms with Gasteiger partial charge in [-0.3, -0.25) is 14.4 Å². The highest BCUT2D eigenvalue weighted by Gasteiger charge is 2.34. The molecule has 0 radical (unpaired) electrons. The molecule has 0 spiro atoms. The van der Waals surface area contributed by atoms with Crippen molar-refractivity contribution in [2.45, 2.75) is 26.4 Å². The quantitative estimate of drug-likeness (QED) is 0.543. The Bertz CT molecular complexity index is 370. The van der Waals surface area contributed by atoms with E-state index in [-0.39, 0.29) is 24.8 Å². The molecule has 0 saturated carbocycles. The number of likely N-dealkylation sites (tertiary alicyclic amines) is 1. The van der Waals surface area contributed by atoms with Crippen LogP contribution in [0.3, 0.4) is 0 Å². The predicted octanol–water partition coefficient (Wildman–Crippen LogP) is -1.55. The summed E-state index contributed by atoms with van der Waals surface area (Å²) in [6, 6.07) is 0. The third-order valence-electron chi connectivity index (χ3n) is 2.97. The standard InChI is InChI=1S/C12H21N3O4/c1-7(2)5-15-6-8(3-10(15)17)12(19)14-4-9(16)11(13)18/h7-9,16H,3-6H2,1-2H3,(H2,13,18)(H,14,19). The number of nitrogens with one attached hydrogen (secondary N) is 1. The van der Waals surface area contributed by atoms with E-state index in [1.165, 1.54) is 0 Å². The van der Waals surface area contributed by atoms with Crippen LogP contribution in [-0.2, 0) is 14.4 Å². The zero-order valence-corrected chi connectivity index (χ0v) is 11.3. The van der Waals surface area contributed by atoms with Gasteiger partial charge in [0.1, 0.15) is 6.10 Å². The maximum absolute atomic E-state index is 11.8. The number of nitrogens with two attached hydrogens (primary N) is 1. The summed E-state index contributed by atoms with van der Waals surface area (Å²) in [4.78, 5) is 35.8. The lowest BCUT2D eigenvalue weighted by Gasteiger charge is -2.18. The molecule has 1 saturated heterocycles. The summed E-state index contributed by atoms with van der Waals surface area (Å²) in [5, 5.41) is 11.6. The molecule has 0 aromatic carbocycles. The highest BCUT2D eigenvalue weighted by atomic mass is 16.3. The van der Waals surface area contributed by atoms with E-state index in [0.29, 0.717) is 19.0 Å². The van der Waals surface area contributed by atoms with Crippen LogP contribution in [-0.4, -0.2) is 53.5 Å². The van der Waals surface area contributed by atoms with Crippen molar-refractivity contribution in [3.63, 3.8) is 0 Å². The molecule has 19 heavy (non-hydrogen) atoms. The first-order valence-electron chi connectivity index (χ1n) is 6.34. The number of amides is 3. The zero-order chi connectivity index (χ0) is 14.6. The topological polar surface area (TPSA) is 113 Å². The second-order valence-electron chi connectivity index (χ2n) is 5.26. The second-order valence-corrected chi connectivity index (χ2v) is 5.26. The van der Waals surface area contributed by atoms with E-state index in [0.717, 1.165) is 0 Å². The van der Waals surface area contributed by atoms with Crippen LogP contribution in [0.4, 0.5) is 0 Å². The predicted molar refractivity (Wildman–Crippen MR) is 67.7 cm³/mol. The Morgan fingerprint density at radius 3 is 2.68 bits per heavy atom. The largest absolute Gasteiger partial charge is 0.381 e. The molecule has 0 aliphatic carbocycles. The summed E-state index contributed by atoms with van der Waals surface area (Å²) in [6.45, 7) is 4.80. The highest BCUT2D eigenvalue weighted by molar-refractivity contribution is 5.89. The number of primary amides is 1. The zero-order valence-electron chi connectivity index (χ0n) is 11.3. The van der Waals surface area contributed by atoms with Gasteiger partial charge in [-0.1, -0.05) is 13.8 Å². The van der Waals surface area contributed by atoms with Gasteiger partial charge < -0.3 is 21.1 Å². The summed E-state index contributed by atoms with van der Waals surface area (Å²) >= 11 is 0. The lowest BCUT2D eigenvalue weighted by atomic mass is 10.1. The molecule has 2 atom stereocenters. The molecule has 0 aromatic rings. The number of hydrogen-bond acceptors (Lipinski definition) is 4. The van der Waals surface area contributed by atoms with Crippen molar-refractivity contribution in [2.75, 3.05) is 19.6 Å². The van der Waals surface area contributed by atoms with Crippen molar-refractivity contribution in [3.05, 3.63) is 0 Å². The highest BCUT2D eigenvalue weighted by Crippen LogP contribution is 2.19. The van der Waals surface area contributed by atoms with E-state index in [9.17, 15) is 19.5 Å². The fourth-order valence-corrected chi connectivity index (χ4v) is 2.01. The van der Waals surface area contributed by atoms with Gasteiger partial charge in [0.25, 0.3) is 0 Å². The Balaban J connectivity index is 2.43. The van der Waals surface area contributed by atoms with Gasteiger partial charge in [0.2, 0.25) is 17.7 Å². The monoisotopic (exact) mass is 271 g/mol. The molecular weight excluding hydrogens is 250 g/mol. The van der Waals surface area contributed by atoms with Crippen molar-refractivity contribution in [3.8, 4) is 0 Å². The van der Waals surface area contributed by atoms with Crippen molar-refractivity contribution in [1.82, 2.24) is 10.2 Å². The molecule has 4 N–H and O–H groups in total. The molecule has 1 aliphatic rings. The van der Waals surface area contributed by atoms with Crippen LogP contribution >= 0.6 is 0 Å². The number of carbonyl (C=O) groups excluding carboxylic acids is 3. The first-order chi connectivity index (χ1) is 8.81. The van der Waals surface area contributed by atoms with Gasteiger partial charge >= 0.3 is 0 Å². The van der Waals surface area contributed by atoms with Crippen molar-refractivity contribution < 1.29 is 19.5 Å². The molecule has 1 fully saturated rings. The normalized spacial score (nSPS) is 20.7. The SMILES string of the molecule is CC(C)CN1CC(C(=O)NCC(O)C(N)=O)CC1=O. The first kappa shape index (κ1) is 15.4. The van der Waals surface area contributed by atoms with Crippen LogP contribution in [0, 0.1) is 11.8 Å². The minimum absolute atomic E-state index is 0.0377. The van der Waals surface area contributed by atoms with Gasteiger partial charge in [0.05, 0.1) is 12.5 Å². The minimum atomic E-state index is -1.40. The molecule has 108 valence electrons. The van der Waals surface area contributed by atoms with Gasteiger partial charge in [-0.25, -0.2) is 0 Å². The van der Waals surface area contributed by atoms with E-state index < -0.39 is 17.9 Å². The van der Waals surface area contributed by atoms with Gasteiger partial charge in [-0.15, -0.1) is 0 Å². The van der Waals surface area contributed by atoms with Gasteiger partial charge in [0.15, 0.2) is 0 Å². The maximum Gasteiger partial charge on any atom is 0.248 e. The number of rotatable bonds is 6. The van der Waals surface area contributed by atoms with Gasteiger partial charge in [-0.2, -0.15) is 0 Å². The summed E-state index contributed by atoms with van der Waals surface area (Å²) < 4.78 is 0.